The van der Waals surface area contributed by atoms with Crippen molar-refractivity contribution in [2.75, 3.05) is 0 Å². The number of rotatable bonds is 6. The van der Waals surface area contributed by atoms with Crippen LogP contribution in [0.25, 0.3) is 34.3 Å². The second-order valence-electron chi connectivity index (χ2n) is 9.04. The molecule has 1 amide bonds. The number of hydrogen-bond acceptors (Lipinski definition) is 4. The molecule has 5 aromatic rings. The summed E-state index contributed by atoms with van der Waals surface area (Å²) >= 11 is 12.8. The molecule has 0 saturated carbocycles. The molecule has 0 N–H and O–H groups in total. The van der Waals surface area contributed by atoms with Crippen LogP contribution in [0.15, 0.2) is 120 Å². The zero-order valence-corrected chi connectivity index (χ0v) is 23.1. The summed E-state index contributed by atoms with van der Waals surface area (Å²) in [5.41, 5.74) is 6.95. The molecule has 0 aliphatic carbocycles. The molecule has 2 heterocycles. The summed E-state index contributed by atoms with van der Waals surface area (Å²) in [6.45, 7) is 0.420. The van der Waals surface area contributed by atoms with Gasteiger partial charge in [0.1, 0.15) is 4.99 Å². The number of benzene rings is 4. The van der Waals surface area contributed by atoms with Gasteiger partial charge in [-0.2, -0.15) is 5.10 Å². The SMILES string of the molecule is O=C1SC(=Cc2ccc(-n3nc(-c4ccccc4)cc3-c3ccccc3)cc2)C(=S)N1Cc1ccc(Cl)cc1. The third kappa shape index (κ3) is 5.45. The lowest BCUT2D eigenvalue weighted by Crippen LogP contribution is -2.26. The molecule has 7 heteroatoms. The Hall–Kier alpha value is -3.97. The van der Waals surface area contributed by atoms with Crippen LogP contribution in [-0.4, -0.2) is 24.9 Å². The second-order valence-corrected chi connectivity index (χ2v) is 10.9. The van der Waals surface area contributed by atoms with E-state index in [1.54, 1.807) is 4.90 Å². The molecule has 0 atom stereocenters. The van der Waals surface area contributed by atoms with Crippen LogP contribution in [0.2, 0.25) is 5.02 Å². The minimum atomic E-state index is -0.0738. The smallest absolute Gasteiger partial charge is 0.288 e. The van der Waals surface area contributed by atoms with E-state index in [1.807, 2.05) is 95.7 Å². The molecule has 1 aromatic heterocycles. The molecule has 4 nitrogen and oxygen atoms in total. The van der Waals surface area contributed by atoms with Crippen LogP contribution in [0, 0.1) is 0 Å². The summed E-state index contributed by atoms with van der Waals surface area (Å²) < 4.78 is 1.97. The molecule has 0 spiro atoms. The maximum atomic E-state index is 12.7. The predicted molar refractivity (Wildman–Crippen MR) is 165 cm³/mol. The summed E-state index contributed by atoms with van der Waals surface area (Å²) in [7, 11) is 0. The van der Waals surface area contributed by atoms with Gasteiger partial charge in [0.25, 0.3) is 5.24 Å². The van der Waals surface area contributed by atoms with E-state index in [4.69, 9.17) is 28.9 Å². The third-order valence-corrected chi connectivity index (χ3v) is 8.16. The third-order valence-electron chi connectivity index (χ3n) is 6.41. The van der Waals surface area contributed by atoms with Crippen molar-refractivity contribution in [1.82, 2.24) is 14.7 Å². The summed E-state index contributed by atoms with van der Waals surface area (Å²) in [5.74, 6) is 0. The molecule has 39 heavy (non-hydrogen) atoms. The van der Waals surface area contributed by atoms with Gasteiger partial charge in [0.05, 0.1) is 28.5 Å². The highest BCUT2D eigenvalue weighted by Gasteiger charge is 2.31. The first kappa shape index (κ1) is 25.3. The van der Waals surface area contributed by atoms with Gasteiger partial charge in [0.2, 0.25) is 0 Å². The number of hydrogen-bond donors (Lipinski definition) is 0. The van der Waals surface area contributed by atoms with Crippen LogP contribution >= 0.6 is 35.6 Å². The van der Waals surface area contributed by atoms with Gasteiger partial charge in [-0.1, -0.05) is 109 Å². The van der Waals surface area contributed by atoms with Crippen LogP contribution in [0.4, 0.5) is 4.79 Å². The van der Waals surface area contributed by atoms with Crippen molar-refractivity contribution in [3.05, 3.63) is 136 Å². The molecule has 190 valence electrons. The van der Waals surface area contributed by atoms with E-state index < -0.39 is 0 Å². The van der Waals surface area contributed by atoms with Gasteiger partial charge < -0.3 is 0 Å². The normalized spacial score (nSPS) is 14.4. The molecular formula is C32H22ClN3OS2. The summed E-state index contributed by atoms with van der Waals surface area (Å²) in [6.07, 6.45) is 1.97. The molecule has 0 unspecified atom stereocenters. The average Bonchev–Trinajstić information content (AvgIpc) is 3.53. The van der Waals surface area contributed by atoms with Gasteiger partial charge >= 0.3 is 0 Å². The number of nitrogens with zero attached hydrogens (tertiary/aromatic N) is 3. The highest BCUT2D eigenvalue weighted by atomic mass is 35.5. The van der Waals surface area contributed by atoms with Crippen LogP contribution in [0.1, 0.15) is 11.1 Å². The molecule has 0 radical (unpaired) electrons. The zero-order valence-electron chi connectivity index (χ0n) is 20.7. The highest BCUT2D eigenvalue weighted by Crippen LogP contribution is 2.35. The van der Waals surface area contributed by atoms with Gasteiger partial charge in [-0.25, -0.2) is 4.68 Å². The van der Waals surface area contributed by atoms with E-state index in [9.17, 15) is 4.79 Å². The quantitative estimate of drug-likeness (QED) is 0.153. The Bertz CT molecular complexity index is 1680. The Balaban J connectivity index is 1.27. The highest BCUT2D eigenvalue weighted by molar-refractivity contribution is 8.19. The van der Waals surface area contributed by atoms with Crippen molar-refractivity contribution in [3.63, 3.8) is 0 Å². The zero-order chi connectivity index (χ0) is 26.8. The Morgan fingerprint density at radius 3 is 2.13 bits per heavy atom. The van der Waals surface area contributed by atoms with Crippen molar-refractivity contribution in [3.8, 4) is 28.2 Å². The molecular weight excluding hydrogens is 542 g/mol. The summed E-state index contributed by atoms with van der Waals surface area (Å²) in [5, 5.41) is 5.54. The Morgan fingerprint density at radius 1 is 0.821 bits per heavy atom. The first-order chi connectivity index (χ1) is 19.0. The molecule has 1 aliphatic rings. The lowest BCUT2D eigenvalue weighted by molar-refractivity contribution is 0.244. The van der Waals surface area contributed by atoms with Crippen LogP contribution in [-0.2, 0) is 6.54 Å². The van der Waals surface area contributed by atoms with E-state index in [0.717, 1.165) is 56.0 Å². The fourth-order valence-electron chi connectivity index (χ4n) is 4.41. The van der Waals surface area contributed by atoms with Crippen molar-refractivity contribution in [2.24, 2.45) is 0 Å². The molecule has 1 saturated heterocycles. The fraction of sp³-hybridized carbons (Fsp3) is 0.0312. The maximum absolute atomic E-state index is 12.7. The Labute approximate surface area is 241 Å². The minimum Gasteiger partial charge on any atom is -0.288 e. The van der Waals surface area contributed by atoms with Crippen LogP contribution < -0.4 is 0 Å². The fourth-order valence-corrected chi connectivity index (χ4v) is 5.78. The number of halogens is 1. The molecule has 1 fully saturated rings. The molecule has 6 rings (SSSR count). The monoisotopic (exact) mass is 563 g/mol. The maximum Gasteiger partial charge on any atom is 0.291 e. The topological polar surface area (TPSA) is 38.1 Å². The van der Waals surface area contributed by atoms with E-state index in [0.29, 0.717) is 16.6 Å². The Morgan fingerprint density at radius 2 is 1.46 bits per heavy atom. The number of carbonyl (C=O) groups excluding carboxylic acids is 1. The van der Waals surface area contributed by atoms with E-state index in [2.05, 4.69) is 30.3 Å². The van der Waals surface area contributed by atoms with Crippen LogP contribution in [0.3, 0.4) is 0 Å². The molecule has 0 bridgehead atoms. The van der Waals surface area contributed by atoms with Crippen LogP contribution in [0.5, 0.6) is 0 Å². The lowest BCUT2D eigenvalue weighted by Gasteiger charge is -2.14. The lowest BCUT2D eigenvalue weighted by atomic mass is 10.1. The first-order valence-electron chi connectivity index (χ1n) is 12.4. The van der Waals surface area contributed by atoms with E-state index in [1.165, 1.54) is 0 Å². The van der Waals surface area contributed by atoms with Crippen molar-refractivity contribution >= 4 is 51.9 Å². The van der Waals surface area contributed by atoms with E-state index >= 15 is 0 Å². The number of thioether (sulfide) groups is 1. The van der Waals surface area contributed by atoms with E-state index in [-0.39, 0.29) is 5.24 Å². The first-order valence-corrected chi connectivity index (χ1v) is 14.0. The number of amides is 1. The number of thiocarbonyl (C=S) groups is 1. The summed E-state index contributed by atoms with van der Waals surface area (Å²) in [6, 6.07) is 38.1. The van der Waals surface area contributed by atoms with Gasteiger partial charge in [-0.05, 0) is 59.3 Å². The summed E-state index contributed by atoms with van der Waals surface area (Å²) in [4.78, 5) is 15.6. The second kappa shape index (κ2) is 11.0. The molecule has 1 aliphatic heterocycles. The standard InChI is InChI=1S/C32H22ClN3OS2/c33-26-15-11-23(12-16-26)21-35-31(38)30(39-32(35)37)19-22-13-17-27(18-14-22)36-29(25-9-5-2-6-10-25)20-28(34-36)24-7-3-1-4-8-24/h1-20H,21H2. The van der Waals surface area contributed by atoms with Gasteiger partial charge in [0.15, 0.2) is 0 Å². The van der Waals surface area contributed by atoms with Crippen molar-refractivity contribution in [2.45, 2.75) is 6.54 Å². The predicted octanol–water partition coefficient (Wildman–Crippen LogP) is 8.90. The Kier molecular flexibility index (Phi) is 7.16. The van der Waals surface area contributed by atoms with Gasteiger partial charge in [-0.3, -0.25) is 9.69 Å². The van der Waals surface area contributed by atoms with Crippen molar-refractivity contribution < 1.29 is 4.79 Å². The van der Waals surface area contributed by atoms with Gasteiger partial charge in [-0.15, -0.1) is 0 Å². The molecule has 4 aromatic carbocycles. The van der Waals surface area contributed by atoms with Crippen molar-refractivity contribution in [1.29, 1.82) is 0 Å². The minimum absolute atomic E-state index is 0.0738. The number of aromatic nitrogens is 2. The number of carbonyl (C=O) groups is 1. The van der Waals surface area contributed by atoms with Gasteiger partial charge in [0, 0.05) is 16.1 Å². The average molecular weight is 564 g/mol. The largest absolute Gasteiger partial charge is 0.291 e.